The standard InChI is InChI=1S/C23H24BrN3O4/c24-18-11-8-16(9-12-18)15-31-20-6-4-5-17-10-13-19(26-22(17)20)23(29)25-14-3-1-2-7-21(28)27-30/h4-6,8-13,30H,1-3,7,14-15H2,(H,25,29)(H,27,28). The van der Waals surface area contributed by atoms with E-state index >= 15 is 0 Å². The zero-order valence-electron chi connectivity index (χ0n) is 16.9. The molecule has 3 aromatic rings. The van der Waals surface area contributed by atoms with Crippen molar-refractivity contribution >= 4 is 38.6 Å². The van der Waals surface area contributed by atoms with E-state index in [1.165, 1.54) is 0 Å². The van der Waals surface area contributed by atoms with Gasteiger partial charge in [0.2, 0.25) is 5.91 Å². The number of fused-ring (bicyclic) bond motifs is 1. The number of hydrogen-bond acceptors (Lipinski definition) is 5. The van der Waals surface area contributed by atoms with Crippen molar-refractivity contribution < 1.29 is 19.5 Å². The molecular formula is C23H24BrN3O4. The smallest absolute Gasteiger partial charge is 0.269 e. The van der Waals surface area contributed by atoms with Crippen LogP contribution in [0.2, 0.25) is 0 Å². The van der Waals surface area contributed by atoms with E-state index in [1.54, 1.807) is 11.5 Å². The molecule has 7 nitrogen and oxygen atoms in total. The van der Waals surface area contributed by atoms with E-state index in [4.69, 9.17) is 9.94 Å². The Morgan fingerprint density at radius 2 is 1.81 bits per heavy atom. The molecule has 2 aromatic carbocycles. The van der Waals surface area contributed by atoms with E-state index in [0.717, 1.165) is 28.3 Å². The number of carbonyl (C=O) groups excluding carboxylic acids is 2. The lowest BCUT2D eigenvalue weighted by Crippen LogP contribution is -2.25. The van der Waals surface area contributed by atoms with Crippen molar-refractivity contribution in [1.29, 1.82) is 0 Å². The molecule has 2 amide bonds. The average molecular weight is 486 g/mol. The second kappa shape index (κ2) is 11.4. The number of unbranched alkanes of at least 4 members (excludes halogenated alkanes) is 2. The molecule has 0 radical (unpaired) electrons. The van der Waals surface area contributed by atoms with Gasteiger partial charge in [0.1, 0.15) is 23.6 Å². The molecule has 0 atom stereocenters. The molecule has 8 heteroatoms. The van der Waals surface area contributed by atoms with E-state index in [-0.39, 0.29) is 12.3 Å². The predicted octanol–water partition coefficient (Wildman–Crippen LogP) is 4.37. The summed E-state index contributed by atoms with van der Waals surface area (Å²) in [5.74, 6) is -0.0301. The summed E-state index contributed by atoms with van der Waals surface area (Å²) in [6.45, 7) is 0.889. The number of pyridine rings is 1. The number of amides is 2. The number of halogens is 1. The van der Waals surface area contributed by atoms with Crippen LogP contribution in [0.1, 0.15) is 41.7 Å². The van der Waals surface area contributed by atoms with Crippen LogP contribution in [0.3, 0.4) is 0 Å². The van der Waals surface area contributed by atoms with Gasteiger partial charge in [0.25, 0.3) is 5.91 Å². The number of hydrogen-bond donors (Lipinski definition) is 3. The maximum Gasteiger partial charge on any atom is 0.269 e. The van der Waals surface area contributed by atoms with Crippen molar-refractivity contribution in [2.45, 2.75) is 32.3 Å². The number of ether oxygens (including phenoxy) is 1. The Kier molecular flexibility index (Phi) is 8.37. The third-order valence-electron chi connectivity index (χ3n) is 4.71. The van der Waals surface area contributed by atoms with Gasteiger partial charge in [0, 0.05) is 22.8 Å². The normalized spacial score (nSPS) is 10.6. The minimum Gasteiger partial charge on any atom is -0.487 e. The Morgan fingerprint density at radius 3 is 2.58 bits per heavy atom. The van der Waals surface area contributed by atoms with Crippen LogP contribution in [0.15, 0.2) is 59.1 Å². The Hall–Kier alpha value is -2.97. The predicted molar refractivity (Wildman–Crippen MR) is 121 cm³/mol. The van der Waals surface area contributed by atoms with E-state index in [1.807, 2.05) is 48.5 Å². The minimum atomic E-state index is -0.400. The molecule has 0 aliphatic carbocycles. The zero-order chi connectivity index (χ0) is 22.1. The van der Waals surface area contributed by atoms with Crippen LogP contribution in [0, 0.1) is 0 Å². The van der Waals surface area contributed by atoms with Gasteiger partial charge in [-0.1, -0.05) is 52.7 Å². The first-order chi connectivity index (χ1) is 15.1. The molecule has 0 fully saturated rings. The summed E-state index contributed by atoms with van der Waals surface area (Å²) >= 11 is 3.42. The molecule has 3 rings (SSSR count). The summed E-state index contributed by atoms with van der Waals surface area (Å²) in [5.41, 5.74) is 3.61. The SMILES string of the molecule is O=C(CCCCCNC(=O)c1ccc2cccc(OCc3ccc(Br)cc3)c2n1)NO. The number of para-hydroxylation sites is 1. The molecule has 1 aromatic heterocycles. The third kappa shape index (κ3) is 6.77. The fourth-order valence-corrected chi connectivity index (χ4v) is 3.30. The number of carbonyl (C=O) groups is 2. The molecule has 0 aliphatic heterocycles. The fraction of sp³-hybridized carbons (Fsp3) is 0.261. The Balaban J connectivity index is 1.59. The topological polar surface area (TPSA) is 101 Å². The number of hydroxylamine groups is 1. The summed E-state index contributed by atoms with van der Waals surface area (Å²) < 4.78 is 6.98. The van der Waals surface area contributed by atoms with Crippen LogP contribution in [0.4, 0.5) is 0 Å². The molecule has 3 N–H and O–H groups in total. The van der Waals surface area contributed by atoms with Crippen molar-refractivity contribution in [3.05, 3.63) is 70.3 Å². The number of nitrogens with one attached hydrogen (secondary N) is 2. The molecule has 162 valence electrons. The minimum absolute atomic E-state index is 0.252. The number of benzene rings is 2. The highest BCUT2D eigenvalue weighted by atomic mass is 79.9. The van der Waals surface area contributed by atoms with Crippen LogP contribution in [0.25, 0.3) is 10.9 Å². The molecule has 0 saturated carbocycles. The molecule has 31 heavy (non-hydrogen) atoms. The molecule has 0 bridgehead atoms. The first kappa shape index (κ1) is 22.7. The largest absolute Gasteiger partial charge is 0.487 e. The van der Waals surface area contributed by atoms with Crippen LogP contribution in [-0.2, 0) is 11.4 Å². The van der Waals surface area contributed by atoms with Gasteiger partial charge in [-0.3, -0.25) is 14.8 Å². The van der Waals surface area contributed by atoms with Crippen molar-refractivity contribution in [1.82, 2.24) is 15.8 Å². The van der Waals surface area contributed by atoms with Crippen molar-refractivity contribution in [3.8, 4) is 5.75 Å². The van der Waals surface area contributed by atoms with Gasteiger partial charge in [-0.25, -0.2) is 10.5 Å². The number of rotatable bonds is 10. The number of aromatic nitrogens is 1. The maximum atomic E-state index is 12.5. The van der Waals surface area contributed by atoms with E-state index in [2.05, 4.69) is 26.2 Å². The van der Waals surface area contributed by atoms with Crippen molar-refractivity contribution in [3.63, 3.8) is 0 Å². The summed E-state index contributed by atoms with van der Waals surface area (Å²) in [6, 6.07) is 17.1. The lowest BCUT2D eigenvalue weighted by molar-refractivity contribution is -0.129. The summed E-state index contributed by atoms with van der Waals surface area (Å²) in [7, 11) is 0. The lowest BCUT2D eigenvalue weighted by Gasteiger charge is -2.10. The molecular weight excluding hydrogens is 462 g/mol. The van der Waals surface area contributed by atoms with Gasteiger partial charge < -0.3 is 10.1 Å². The molecule has 0 unspecified atom stereocenters. The van der Waals surface area contributed by atoms with Crippen LogP contribution >= 0.6 is 15.9 Å². The Bertz CT molecular complexity index is 1040. The van der Waals surface area contributed by atoms with Gasteiger partial charge in [0.05, 0.1) is 0 Å². The second-order valence-electron chi connectivity index (χ2n) is 7.04. The van der Waals surface area contributed by atoms with Crippen molar-refractivity contribution in [2.24, 2.45) is 0 Å². The van der Waals surface area contributed by atoms with Crippen LogP contribution in [0.5, 0.6) is 5.75 Å². The van der Waals surface area contributed by atoms with Gasteiger partial charge in [-0.15, -0.1) is 0 Å². The zero-order valence-corrected chi connectivity index (χ0v) is 18.5. The number of nitrogens with zero attached hydrogens (tertiary/aromatic N) is 1. The highest BCUT2D eigenvalue weighted by molar-refractivity contribution is 9.10. The first-order valence-corrected chi connectivity index (χ1v) is 10.8. The average Bonchev–Trinajstić information content (AvgIpc) is 2.80. The van der Waals surface area contributed by atoms with Crippen molar-refractivity contribution in [2.75, 3.05) is 6.54 Å². The van der Waals surface area contributed by atoms with Gasteiger partial charge in [-0.2, -0.15) is 0 Å². The fourth-order valence-electron chi connectivity index (χ4n) is 3.04. The third-order valence-corrected chi connectivity index (χ3v) is 5.24. The highest BCUT2D eigenvalue weighted by Crippen LogP contribution is 2.25. The highest BCUT2D eigenvalue weighted by Gasteiger charge is 2.11. The van der Waals surface area contributed by atoms with Crippen LogP contribution in [-0.4, -0.2) is 28.6 Å². The van der Waals surface area contributed by atoms with E-state index in [0.29, 0.717) is 36.5 Å². The van der Waals surface area contributed by atoms with Crippen LogP contribution < -0.4 is 15.5 Å². The molecule has 0 aliphatic rings. The Morgan fingerprint density at radius 1 is 1.00 bits per heavy atom. The summed E-state index contributed by atoms with van der Waals surface area (Å²) in [4.78, 5) is 28.0. The van der Waals surface area contributed by atoms with Gasteiger partial charge >= 0.3 is 0 Å². The van der Waals surface area contributed by atoms with Gasteiger partial charge in [0.15, 0.2) is 0 Å². The van der Waals surface area contributed by atoms with E-state index in [9.17, 15) is 9.59 Å². The molecule has 0 spiro atoms. The Labute approximate surface area is 188 Å². The maximum absolute atomic E-state index is 12.5. The monoisotopic (exact) mass is 485 g/mol. The summed E-state index contributed by atoms with van der Waals surface area (Å²) in [6.07, 6.45) is 2.42. The second-order valence-corrected chi connectivity index (χ2v) is 7.96. The molecule has 1 heterocycles. The first-order valence-electron chi connectivity index (χ1n) is 10.0. The summed E-state index contributed by atoms with van der Waals surface area (Å²) in [5, 5.41) is 12.2. The lowest BCUT2D eigenvalue weighted by atomic mass is 10.1. The quantitative estimate of drug-likeness (QED) is 0.225. The van der Waals surface area contributed by atoms with E-state index < -0.39 is 5.91 Å². The molecule has 0 saturated heterocycles. The van der Waals surface area contributed by atoms with Gasteiger partial charge in [-0.05, 0) is 42.7 Å².